The maximum absolute atomic E-state index is 12.8. The SMILES string of the molecule is Cc1nn(CC(C)C)c(C)c1CC(=O)N1CCC[C@H](C(=O)O)[C@@H]1C. The summed E-state index contributed by atoms with van der Waals surface area (Å²) in [5.74, 6) is -0.778. The first kappa shape index (κ1) is 18.5. The first-order chi connectivity index (χ1) is 11.2. The Kier molecular flexibility index (Phi) is 5.67. The van der Waals surface area contributed by atoms with Gasteiger partial charge in [0.05, 0.1) is 18.0 Å². The van der Waals surface area contributed by atoms with E-state index in [-0.39, 0.29) is 11.9 Å². The Morgan fingerprint density at radius 3 is 2.58 bits per heavy atom. The number of nitrogens with zero attached hydrogens (tertiary/aromatic N) is 3. The number of carboxylic acids is 1. The van der Waals surface area contributed by atoms with Gasteiger partial charge < -0.3 is 10.0 Å². The Morgan fingerprint density at radius 1 is 1.33 bits per heavy atom. The van der Waals surface area contributed by atoms with E-state index in [1.54, 1.807) is 4.90 Å². The maximum atomic E-state index is 12.8. The van der Waals surface area contributed by atoms with Crippen LogP contribution in [0.3, 0.4) is 0 Å². The minimum absolute atomic E-state index is 0.00347. The van der Waals surface area contributed by atoms with Crippen LogP contribution < -0.4 is 0 Å². The third kappa shape index (κ3) is 3.79. The van der Waals surface area contributed by atoms with Crippen LogP contribution in [-0.2, 0) is 22.6 Å². The largest absolute Gasteiger partial charge is 0.481 e. The number of likely N-dealkylation sites (tertiary alicyclic amines) is 1. The number of hydrogen-bond donors (Lipinski definition) is 1. The van der Waals surface area contributed by atoms with Crippen LogP contribution >= 0.6 is 0 Å². The molecule has 2 atom stereocenters. The molecule has 24 heavy (non-hydrogen) atoms. The summed E-state index contributed by atoms with van der Waals surface area (Å²) in [7, 11) is 0. The summed E-state index contributed by atoms with van der Waals surface area (Å²) in [5, 5.41) is 13.9. The minimum Gasteiger partial charge on any atom is -0.481 e. The Bertz CT molecular complexity index is 621. The summed E-state index contributed by atoms with van der Waals surface area (Å²) in [6, 6.07) is -0.255. The lowest BCUT2D eigenvalue weighted by Gasteiger charge is -2.37. The second-order valence-electron chi connectivity index (χ2n) is 7.32. The number of hydrogen-bond acceptors (Lipinski definition) is 3. The van der Waals surface area contributed by atoms with Crippen LogP contribution in [0.25, 0.3) is 0 Å². The van der Waals surface area contributed by atoms with Gasteiger partial charge >= 0.3 is 5.97 Å². The molecule has 0 bridgehead atoms. The molecule has 1 aromatic heterocycles. The Hall–Kier alpha value is -1.85. The van der Waals surface area contributed by atoms with E-state index in [0.717, 1.165) is 29.9 Å². The van der Waals surface area contributed by atoms with Crippen molar-refractivity contribution in [1.82, 2.24) is 14.7 Å². The van der Waals surface area contributed by atoms with Crippen LogP contribution in [0.1, 0.15) is 50.6 Å². The molecule has 6 nitrogen and oxygen atoms in total. The number of aliphatic carboxylic acids is 1. The lowest BCUT2D eigenvalue weighted by molar-refractivity contribution is -0.148. The Morgan fingerprint density at radius 2 is 2.00 bits per heavy atom. The van der Waals surface area contributed by atoms with Gasteiger partial charge in [-0.2, -0.15) is 5.10 Å². The third-order valence-corrected chi connectivity index (χ3v) is 5.02. The van der Waals surface area contributed by atoms with Gasteiger partial charge in [0.25, 0.3) is 0 Å². The number of aryl methyl sites for hydroxylation is 1. The van der Waals surface area contributed by atoms with Gasteiger partial charge in [0.1, 0.15) is 0 Å². The molecule has 1 saturated heterocycles. The van der Waals surface area contributed by atoms with E-state index in [2.05, 4.69) is 18.9 Å². The second-order valence-corrected chi connectivity index (χ2v) is 7.32. The van der Waals surface area contributed by atoms with Crippen molar-refractivity contribution in [3.05, 3.63) is 17.0 Å². The monoisotopic (exact) mass is 335 g/mol. The van der Waals surface area contributed by atoms with Crippen LogP contribution in [0.15, 0.2) is 0 Å². The molecule has 134 valence electrons. The molecule has 0 unspecified atom stereocenters. The van der Waals surface area contributed by atoms with Crippen LogP contribution in [0.4, 0.5) is 0 Å². The standard InChI is InChI=1S/C18H29N3O3/c1-11(2)10-21-14(5)16(12(3)19-21)9-17(22)20-8-6-7-15(13(20)4)18(23)24/h11,13,15H,6-10H2,1-5H3,(H,23,24)/t13-,15-/m0/s1. The van der Waals surface area contributed by atoms with Gasteiger partial charge in [-0.15, -0.1) is 0 Å². The molecule has 1 N–H and O–H groups in total. The number of rotatable bonds is 5. The molecular weight excluding hydrogens is 306 g/mol. The summed E-state index contributed by atoms with van der Waals surface area (Å²) in [6.45, 7) is 11.5. The molecule has 0 radical (unpaired) electrons. The van der Waals surface area contributed by atoms with Crippen molar-refractivity contribution in [2.75, 3.05) is 6.54 Å². The van der Waals surface area contributed by atoms with Gasteiger partial charge in [0.15, 0.2) is 0 Å². The van der Waals surface area contributed by atoms with Crippen molar-refractivity contribution in [1.29, 1.82) is 0 Å². The van der Waals surface area contributed by atoms with Crippen LogP contribution in [0, 0.1) is 25.7 Å². The van der Waals surface area contributed by atoms with E-state index in [9.17, 15) is 14.7 Å². The van der Waals surface area contributed by atoms with Crippen LogP contribution in [0.5, 0.6) is 0 Å². The highest BCUT2D eigenvalue weighted by Gasteiger charge is 2.35. The first-order valence-corrected chi connectivity index (χ1v) is 8.77. The summed E-state index contributed by atoms with van der Waals surface area (Å²) in [4.78, 5) is 25.9. The smallest absolute Gasteiger partial charge is 0.308 e. The van der Waals surface area contributed by atoms with E-state index in [1.807, 2.05) is 25.5 Å². The van der Waals surface area contributed by atoms with E-state index < -0.39 is 11.9 Å². The molecule has 6 heteroatoms. The normalized spacial score (nSPS) is 21.3. The lowest BCUT2D eigenvalue weighted by atomic mass is 9.90. The third-order valence-electron chi connectivity index (χ3n) is 5.02. The van der Waals surface area contributed by atoms with Crippen molar-refractivity contribution in [3.8, 4) is 0 Å². The van der Waals surface area contributed by atoms with E-state index >= 15 is 0 Å². The topological polar surface area (TPSA) is 75.4 Å². The van der Waals surface area contributed by atoms with Crippen LogP contribution in [0.2, 0.25) is 0 Å². The van der Waals surface area contributed by atoms with E-state index in [1.165, 1.54) is 0 Å². The first-order valence-electron chi connectivity index (χ1n) is 8.77. The van der Waals surface area contributed by atoms with Gasteiger partial charge in [-0.3, -0.25) is 14.3 Å². The molecule has 0 aliphatic carbocycles. The average molecular weight is 335 g/mol. The van der Waals surface area contributed by atoms with Crippen LogP contribution in [-0.4, -0.2) is 44.3 Å². The fraction of sp³-hybridized carbons (Fsp3) is 0.722. The van der Waals surface area contributed by atoms with Gasteiger partial charge in [0.2, 0.25) is 5.91 Å². The molecule has 1 aliphatic rings. The molecule has 0 spiro atoms. The number of carboxylic acid groups (broad SMARTS) is 1. The minimum atomic E-state index is -0.808. The predicted molar refractivity (Wildman–Crippen MR) is 91.8 cm³/mol. The molecule has 1 amide bonds. The Labute approximate surface area is 143 Å². The number of aromatic nitrogens is 2. The van der Waals surface area contributed by atoms with E-state index in [4.69, 9.17) is 0 Å². The molecule has 1 aromatic rings. The summed E-state index contributed by atoms with van der Waals surface area (Å²) in [6.07, 6.45) is 1.69. The predicted octanol–water partition coefficient (Wildman–Crippen LogP) is 2.41. The van der Waals surface area contributed by atoms with Crippen molar-refractivity contribution >= 4 is 11.9 Å². The number of piperidine rings is 1. The number of amides is 1. The fourth-order valence-electron chi connectivity index (χ4n) is 3.59. The van der Waals surface area contributed by atoms with Gasteiger partial charge in [-0.25, -0.2) is 0 Å². The quantitative estimate of drug-likeness (QED) is 0.896. The fourth-order valence-corrected chi connectivity index (χ4v) is 3.59. The number of carbonyl (C=O) groups excluding carboxylic acids is 1. The highest BCUT2D eigenvalue weighted by Crippen LogP contribution is 2.25. The molecule has 2 rings (SSSR count). The molecular formula is C18H29N3O3. The van der Waals surface area contributed by atoms with Gasteiger partial charge in [0, 0.05) is 30.4 Å². The molecule has 0 saturated carbocycles. The molecule has 1 aliphatic heterocycles. The highest BCUT2D eigenvalue weighted by atomic mass is 16.4. The Balaban J connectivity index is 2.15. The number of carbonyl (C=O) groups is 2. The molecule has 1 fully saturated rings. The lowest BCUT2D eigenvalue weighted by Crippen LogP contribution is -2.49. The maximum Gasteiger partial charge on any atom is 0.308 e. The van der Waals surface area contributed by atoms with Crippen molar-refractivity contribution in [2.24, 2.45) is 11.8 Å². The summed E-state index contributed by atoms with van der Waals surface area (Å²) in [5.41, 5.74) is 2.90. The zero-order chi connectivity index (χ0) is 18.0. The zero-order valence-corrected chi connectivity index (χ0v) is 15.4. The zero-order valence-electron chi connectivity index (χ0n) is 15.4. The average Bonchev–Trinajstić information content (AvgIpc) is 2.74. The van der Waals surface area contributed by atoms with Crippen molar-refractivity contribution in [2.45, 2.75) is 66.5 Å². The van der Waals surface area contributed by atoms with E-state index in [0.29, 0.717) is 25.3 Å². The highest BCUT2D eigenvalue weighted by molar-refractivity contribution is 5.81. The van der Waals surface area contributed by atoms with Crippen molar-refractivity contribution < 1.29 is 14.7 Å². The van der Waals surface area contributed by atoms with Gasteiger partial charge in [-0.05, 0) is 39.5 Å². The summed E-state index contributed by atoms with van der Waals surface area (Å²) >= 11 is 0. The molecule has 0 aromatic carbocycles. The van der Waals surface area contributed by atoms with Gasteiger partial charge in [-0.1, -0.05) is 13.8 Å². The second kappa shape index (κ2) is 7.36. The molecule has 2 heterocycles. The van der Waals surface area contributed by atoms with Crippen molar-refractivity contribution in [3.63, 3.8) is 0 Å². The summed E-state index contributed by atoms with van der Waals surface area (Å²) < 4.78 is 1.97.